The van der Waals surface area contributed by atoms with Crippen LogP contribution in [0.1, 0.15) is 37.1 Å². The third kappa shape index (κ3) is 4.09. The van der Waals surface area contributed by atoms with Gasteiger partial charge in [-0.15, -0.1) is 11.3 Å². The molecule has 0 aliphatic carbocycles. The Bertz CT molecular complexity index is 697. The fourth-order valence-electron chi connectivity index (χ4n) is 2.90. The zero-order valence-electron chi connectivity index (χ0n) is 14.1. The first kappa shape index (κ1) is 16.8. The Morgan fingerprint density at radius 3 is 3.08 bits per heavy atom. The van der Waals surface area contributed by atoms with Crippen LogP contribution in [0.4, 0.5) is 5.69 Å². The number of hydrogen-bond donors (Lipinski definition) is 1. The van der Waals surface area contributed by atoms with E-state index in [1.54, 1.807) is 11.3 Å². The maximum Gasteiger partial charge on any atom is 0.224 e. The van der Waals surface area contributed by atoms with Gasteiger partial charge in [0.25, 0.3) is 0 Å². The number of nitrogens with one attached hydrogen (secondary N) is 1. The number of thiophene rings is 1. The molecule has 1 unspecified atom stereocenters. The second-order valence-electron chi connectivity index (χ2n) is 6.00. The van der Waals surface area contributed by atoms with Gasteiger partial charge in [-0.25, -0.2) is 0 Å². The Labute approximate surface area is 146 Å². The molecular formula is C19H23NO3S. The zero-order valence-corrected chi connectivity index (χ0v) is 14.9. The summed E-state index contributed by atoms with van der Waals surface area (Å²) in [6.45, 7) is 4.55. The lowest BCUT2D eigenvalue weighted by Crippen LogP contribution is -2.13. The largest absolute Gasteiger partial charge is 0.492 e. The van der Waals surface area contributed by atoms with Gasteiger partial charge < -0.3 is 14.8 Å². The zero-order chi connectivity index (χ0) is 16.9. The molecule has 4 nitrogen and oxygen atoms in total. The predicted octanol–water partition coefficient (Wildman–Crippen LogP) is 4.43. The van der Waals surface area contributed by atoms with Gasteiger partial charge in [0, 0.05) is 29.3 Å². The quantitative estimate of drug-likeness (QED) is 0.807. The van der Waals surface area contributed by atoms with E-state index >= 15 is 0 Å². The molecular weight excluding hydrogens is 322 g/mol. The summed E-state index contributed by atoms with van der Waals surface area (Å²) in [5, 5.41) is 5.04. The van der Waals surface area contributed by atoms with Crippen LogP contribution in [-0.4, -0.2) is 18.6 Å². The highest BCUT2D eigenvalue weighted by molar-refractivity contribution is 7.09. The highest BCUT2D eigenvalue weighted by atomic mass is 32.1. The van der Waals surface area contributed by atoms with Crippen molar-refractivity contribution in [3.05, 3.63) is 40.1 Å². The molecule has 1 aliphatic heterocycles. The summed E-state index contributed by atoms with van der Waals surface area (Å²) in [6, 6.07) is 8.03. The molecule has 2 heterocycles. The molecule has 0 bridgehead atoms. The van der Waals surface area contributed by atoms with E-state index in [1.807, 2.05) is 32.0 Å². The normalized spacial score (nSPS) is 15.7. The van der Waals surface area contributed by atoms with Crippen molar-refractivity contribution < 1.29 is 14.3 Å². The van der Waals surface area contributed by atoms with Crippen LogP contribution >= 0.6 is 11.3 Å². The van der Waals surface area contributed by atoms with Crippen molar-refractivity contribution in [3.8, 4) is 11.5 Å². The molecule has 0 saturated carbocycles. The number of aryl methyl sites for hydroxylation is 1. The molecule has 3 rings (SSSR count). The minimum Gasteiger partial charge on any atom is -0.492 e. The van der Waals surface area contributed by atoms with Gasteiger partial charge in [-0.1, -0.05) is 6.07 Å². The predicted molar refractivity (Wildman–Crippen MR) is 97.3 cm³/mol. The Kier molecular flexibility index (Phi) is 5.41. The first-order valence-corrected chi connectivity index (χ1v) is 9.32. The summed E-state index contributed by atoms with van der Waals surface area (Å²) in [6.07, 6.45) is 3.33. The van der Waals surface area contributed by atoms with E-state index in [4.69, 9.17) is 9.47 Å². The Morgan fingerprint density at radius 1 is 1.46 bits per heavy atom. The lowest BCUT2D eigenvalue weighted by molar-refractivity contribution is -0.116. The number of fused-ring (bicyclic) bond motifs is 1. The second-order valence-corrected chi connectivity index (χ2v) is 7.04. The molecule has 5 heteroatoms. The van der Waals surface area contributed by atoms with Crippen molar-refractivity contribution in [2.75, 3.05) is 11.9 Å². The molecule has 0 spiro atoms. The van der Waals surface area contributed by atoms with Crippen LogP contribution < -0.4 is 14.8 Å². The molecule has 128 valence electrons. The number of hydrogen-bond acceptors (Lipinski definition) is 4. The lowest BCUT2D eigenvalue weighted by atomic mass is 10.1. The summed E-state index contributed by atoms with van der Waals surface area (Å²) >= 11 is 1.73. The van der Waals surface area contributed by atoms with Crippen LogP contribution in [0.15, 0.2) is 29.6 Å². The van der Waals surface area contributed by atoms with E-state index in [0.29, 0.717) is 18.7 Å². The van der Waals surface area contributed by atoms with Gasteiger partial charge >= 0.3 is 0 Å². The van der Waals surface area contributed by atoms with Crippen LogP contribution in [0.3, 0.4) is 0 Å². The minimum atomic E-state index is 0.0125. The van der Waals surface area contributed by atoms with E-state index in [2.05, 4.69) is 16.8 Å². The number of amides is 1. The van der Waals surface area contributed by atoms with E-state index < -0.39 is 0 Å². The maximum atomic E-state index is 12.3. The van der Waals surface area contributed by atoms with E-state index in [1.165, 1.54) is 4.88 Å². The average molecular weight is 345 g/mol. The van der Waals surface area contributed by atoms with Gasteiger partial charge in [0.15, 0.2) is 0 Å². The Balaban J connectivity index is 1.62. The van der Waals surface area contributed by atoms with Crippen molar-refractivity contribution in [2.45, 2.75) is 45.6 Å². The summed E-state index contributed by atoms with van der Waals surface area (Å²) in [5.41, 5.74) is 1.84. The molecule has 1 N–H and O–H groups in total. The van der Waals surface area contributed by atoms with Crippen molar-refractivity contribution in [3.63, 3.8) is 0 Å². The van der Waals surface area contributed by atoms with Crippen LogP contribution in [0, 0.1) is 0 Å². The average Bonchev–Trinajstić information content (AvgIpc) is 3.16. The van der Waals surface area contributed by atoms with Gasteiger partial charge in [-0.2, -0.15) is 0 Å². The van der Waals surface area contributed by atoms with E-state index in [9.17, 15) is 4.79 Å². The highest BCUT2D eigenvalue weighted by Crippen LogP contribution is 2.38. The molecule has 0 saturated heterocycles. The monoisotopic (exact) mass is 345 g/mol. The molecule has 2 aromatic rings. The molecule has 0 radical (unpaired) electrons. The first-order valence-electron chi connectivity index (χ1n) is 8.44. The summed E-state index contributed by atoms with van der Waals surface area (Å²) < 4.78 is 11.5. The fraction of sp³-hybridized carbons (Fsp3) is 0.421. The van der Waals surface area contributed by atoms with Crippen molar-refractivity contribution in [1.82, 2.24) is 0 Å². The van der Waals surface area contributed by atoms with E-state index in [-0.39, 0.29) is 12.0 Å². The SMILES string of the molecule is CCOc1cc2c(cc1NC(=O)CCCc1cccs1)OC(C)C2. The summed E-state index contributed by atoms with van der Waals surface area (Å²) in [4.78, 5) is 13.6. The van der Waals surface area contributed by atoms with Gasteiger partial charge in [0.2, 0.25) is 5.91 Å². The Hall–Kier alpha value is -2.01. The number of benzene rings is 1. The van der Waals surface area contributed by atoms with Gasteiger partial charge in [0.05, 0.1) is 12.3 Å². The number of anilines is 1. The number of rotatable bonds is 7. The minimum absolute atomic E-state index is 0.0125. The summed E-state index contributed by atoms with van der Waals surface area (Å²) in [7, 11) is 0. The number of carbonyl (C=O) groups excluding carboxylic acids is 1. The maximum absolute atomic E-state index is 12.3. The van der Waals surface area contributed by atoms with Crippen LogP contribution in [-0.2, 0) is 17.6 Å². The Morgan fingerprint density at radius 2 is 2.33 bits per heavy atom. The standard InChI is InChI=1S/C19H23NO3S/c1-3-22-18-11-14-10-13(2)23-17(14)12-16(18)20-19(21)8-4-6-15-7-5-9-24-15/h5,7,9,11-13H,3-4,6,8,10H2,1-2H3,(H,20,21). The molecule has 0 fully saturated rings. The van der Waals surface area contributed by atoms with Crippen LogP contribution in [0.25, 0.3) is 0 Å². The second kappa shape index (κ2) is 7.71. The number of carbonyl (C=O) groups is 1. The molecule has 1 aliphatic rings. The smallest absolute Gasteiger partial charge is 0.224 e. The van der Waals surface area contributed by atoms with Crippen LogP contribution in [0.5, 0.6) is 11.5 Å². The topological polar surface area (TPSA) is 47.6 Å². The van der Waals surface area contributed by atoms with Gasteiger partial charge in [-0.05, 0) is 44.2 Å². The lowest BCUT2D eigenvalue weighted by Gasteiger charge is -2.13. The van der Waals surface area contributed by atoms with Crippen molar-refractivity contribution >= 4 is 22.9 Å². The third-order valence-corrected chi connectivity index (χ3v) is 4.92. The molecule has 1 aromatic heterocycles. The number of ether oxygens (including phenoxy) is 2. The van der Waals surface area contributed by atoms with Gasteiger partial charge in [0.1, 0.15) is 17.6 Å². The first-order chi connectivity index (χ1) is 11.7. The van der Waals surface area contributed by atoms with Gasteiger partial charge in [-0.3, -0.25) is 4.79 Å². The molecule has 1 atom stereocenters. The van der Waals surface area contributed by atoms with E-state index in [0.717, 1.165) is 36.3 Å². The summed E-state index contributed by atoms with van der Waals surface area (Å²) in [5.74, 6) is 1.58. The molecule has 24 heavy (non-hydrogen) atoms. The highest BCUT2D eigenvalue weighted by Gasteiger charge is 2.22. The molecule has 1 amide bonds. The third-order valence-electron chi connectivity index (χ3n) is 3.98. The van der Waals surface area contributed by atoms with Crippen molar-refractivity contribution in [2.24, 2.45) is 0 Å². The van der Waals surface area contributed by atoms with Crippen LogP contribution in [0.2, 0.25) is 0 Å². The fourth-order valence-corrected chi connectivity index (χ4v) is 3.65. The molecule has 1 aromatic carbocycles. The van der Waals surface area contributed by atoms with Crippen molar-refractivity contribution in [1.29, 1.82) is 0 Å².